The Morgan fingerprint density at radius 3 is 2.28 bits per heavy atom. The summed E-state index contributed by atoms with van der Waals surface area (Å²) in [4.78, 5) is 35.3. The van der Waals surface area contributed by atoms with Crippen LogP contribution >= 0.6 is 0 Å². The Morgan fingerprint density at radius 1 is 0.806 bits per heavy atom. The van der Waals surface area contributed by atoms with Crippen LogP contribution in [0.25, 0.3) is 0 Å². The Hall–Kier alpha value is -4.13. The second-order valence-corrected chi connectivity index (χ2v) is 9.09. The van der Waals surface area contributed by atoms with E-state index in [1.807, 2.05) is 83.8 Å². The predicted octanol–water partition coefficient (Wildman–Crippen LogP) is 4.74. The van der Waals surface area contributed by atoms with Crippen molar-refractivity contribution >= 4 is 23.3 Å². The van der Waals surface area contributed by atoms with Crippen LogP contribution in [0.15, 0.2) is 91.1 Å². The molecule has 5 rings (SSSR count). The molecule has 2 aliphatic rings. The van der Waals surface area contributed by atoms with E-state index >= 15 is 0 Å². The molecule has 7 heteroatoms. The van der Waals surface area contributed by atoms with Gasteiger partial charge in [0.25, 0.3) is 0 Å². The first-order chi connectivity index (χ1) is 17.7. The van der Waals surface area contributed by atoms with Crippen LogP contribution in [0.2, 0.25) is 0 Å². The number of nitrogens with zero attached hydrogens (tertiary/aromatic N) is 3. The van der Waals surface area contributed by atoms with Gasteiger partial charge in [-0.3, -0.25) is 9.59 Å². The number of carbonyl (C=O) groups is 2. The topological polar surface area (TPSA) is 74.8 Å². The zero-order valence-electron chi connectivity index (χ0n) is 20.1. The molecule has 3 aromatic rings. The maximum Gasteiger partial charge on any atom is 0.228 e. The summed E-state index contributed by atoms with van der Waals surface area (Å²) >= 11 is 0. The lowest BCUT2D eigenvalue weighted by Crippen LogP contribution is -2.52. The number of anilines is 2. The lowest BCUT2D eigenvalue weighted by atomic mass is 9.81. The number of pyridine rings is 1. The van der Waals surface area contributed by atoms with Crippen LogP contribution < -0.4 is 15.0 Å². The van der Waals surface area contributed by atoms with Crippen molar-refractivity contribution in [3.05, 3.63) is 91.1 Å². The lowest BCUT2D eigenvalue weighted by Gasteiger charge is -2.38. The fraction of sp³-hybridized carbons (Fsp3) is 0.276. The molecule has 1 N–H and O–H groups in total. The molecule has 0 radical (unpaired) electrons. The Balaban J connectivity index is 1.21. The number of ether oxygens (including phenoxy) is 1. The maximum absolute atomic E-state index is 13.5. The molecule has 2 amide bonds. The third-order valence-corrected chi connectivity index (χ3v) is 6.73. The number of carbonyl (C=O) groups excluding carboxylic acids is 2. The number of hydrogen-bond acceptors (Lipinski definition) is 5. The average molecular weight is 483 g/mol. The van der Waals surface area contributed by atoms with E-state index in [1.54, 1.807) is 12.3 Å². The van der Waals surface area contributed by atoms with Gasteiger partial charge in [0.05, 0.1) is 11.8 Å². The SMILES string of the molecule is O=C(Nc1cccc(Oc2ccccc2)c1)C1CC=CCC1C(=O)N1CCN(c2ccccn2)CC1. The monoisotopic (exact) mass is 482 g/mol. The minimum absolute atomic E-state index is 0.0568. The highest BCUT2D eigenvalue weighted by Gasteiger charge is 2.37. The Labute approximate surface area is 211 Å². The second-order valence-electron chi connectivity index (χ2n) is 9.09. The summed E-state index contributed by atoms with van der Waals surface area (Å²) in [5, 5.41) is 3.01. The molecule has 1 saturated heterocycles. The number of allylic oxidation sites excluding steroid dienone is 2. The fourth-order valence-corrected chi connectivity index (χ4v) is 4.81. The maximum atomic E-state index is 13.5. The third-order valence-electron chi connectivity index (χ3n) is 6.73. The number of hydrogen-bond donors (Lipinski definition) is 1. The van der Waals surface area contributed by atoms with E-state index in [0.29, 0.717) is 37.4 Å². The Morgan fingerprint density at radius 2 is 1.53 bits per heavy atom. The standard InChI is InChI=1S/C29H30N4O3/c34-28(31-22-9-8-12-24(21-22)36-23-10-2-1-3-11-23)25-13-4-5-14-26(25)29(35)33-19-17-32(18-20-33)27-15-6-7-16-30-27/h1-12,15-16,21,25-26H,13-14,17-20H2,(H,31,34). The van der Waals surface area contributed by atoms with Gasteiger partial charge in [-0.2, -0.15) is 0 Å². The molecule has 0 saturated carbocycles. The van der Waals surface area contributed by atoms with Crippen molar-refractivity contribution in [2.45, 2.75) is 12.8 Å². The molecule has 2 aromatic carbocycles. The van der Waals surface area contributed by atoms with E-state index in [0.717, 1.165) is 24.7 Å². The molecule has 0 spiro atoms. The van der Waals surface area contributed by atoms with Gasteiger partial charge in [-0.1, -0.05) is 42.5 Å². The molecule has 0 bridgehead atoms. The molecule has 1 aliphatic heterocycles. The normalized spacial score (nSPS) is 19.6. The van der Waals surface area contributed by atoms with Gasteiger partial charge in [-0.15, -0.1) is 0 Å². The third kappa shape index (κ3) is 5.57. The van der Waals surface area contributed by atoms with Gasteiger partial charge in [0, 0.05) is 44.1 Å². The Kier molecular flexibility index (Phi) is 7.26. The van der Waals surface area contributed by atoms with Crippen LogP contribution in [-0.2, 0) is 9.59 Å². The summed E-state index contributed by atoms with van der Waals surface area (Å²) < 4.78 is 5.89. The molecule has 1 aliphatic carbocycles. The number of benzene rings is 2. The second kappa shape index (κ2) is 11.1. The van der Waals surface area contributed by atoms with Crippen LogP contribution in [0, 0.1) is 11.8 Å². The number of nitrogens with one attached hydrogen (secondary N) is 1. The molecule has 2 atom stereocenters. The summed E-state index contributed by atoms with van der Waals surface area (Å²) in [6.45, 7) is 2.72. The molecular weight excluding hydrogens is 452 g/mol. The van der Waals surface area contributed by atoms with E-state index in [1.165, 1.54) is 0 Å². The first kappa shape index (κ1) is 23.6. The highest BCUT2D eigenvalue weighted by molar-refractivity contribution is 5.96. The molecule has 7 nitrogen and oxygen atoms in total. The fourth-order valence-electron chi connectivity index (χ4n) is 4.81. The minimum Gasteiger partial charge on any atom is -0.457 e. The zero-order valence-corrected chi connectivity index (χ0v) is 20.1. The first-order valence-electron chi connectivity index (χ1n) is 12.4. The van der Waals surface area contributed by atoms with Gasteiger partial charge in [0.2, 0.25) is 11.8 Å². The summed E-state index contributed by atoms with van der Waals surface area (Å²) in [7, 11) is 0. The van der Waals surface area contributed by atoms with E-state index in [4.69, 9.17) is 4.74 Å². The van der Waals surface area contributed by atoms with Crippen LogP contribution in [0.4, 0.5) is 11.5 Å². The highest BCUT2D eigenvalue weighted by Crippen LogP contribution is 2.30. The zero-order chi connectivity index (χ0) is 24.7. The summed E-state index contributed by atoms with van der Waals surface area (Å²) in [5.74, 6) is 1.45. The number of para-hydroxylation sites is 1. The van der Waals surface area contributed by atoms with Crippen molar-refractivity contribution in [1.82, 2.24) is 9.88 Å². The number of aromatic nitrogens is 1. The van der Waals surface area contributed by atoms with Gasteiger partial charge < -0.3 is 19.9 Å². The molecule has 1 aromatic heterocycles. The van der Waals surface area contributed by atoms with E-state index < -0.39 is 5.92 Å². The van der Waals surface area contributed by atoms with E-state index in [9.17, 15) is 9.59 Å². The van der Waals surface area contributed by atoms with E-state index in [2.05, 4.69) is 15.2 Å². The average Bonchev–Trinajstić information content (AvgIpc) is 2.94. The van der Waals surface area contributed by atoms with Crippen molar-refractivity contribution < 1.29 is 14.3 Å². The summed E-state index contributed by atoms with van der Waals surface area (Å²) in [6.07, 6.45) is 6.94. The van der Waals surface area contributed by atoms with Gasteiger partial charge in [0.15, 0.2) is 0 Å². The molecule has 1 fully saturated rings. The van der Waals surface area contributed by atoms with Gasteiger partial charge in [0.1, 0.15) is 17.3 Å². The quantitative estimate of drug-likeness (QED) is 0.514. The van der Waals surface area contributed by atoms with Crippen molar-refractivity contribution in [2.75, 3.05) is 36.4 Å². The molecule has 2 unspecified atom stereocenters. The lowest BCUT2D eigenvalue weighted by molar-refractivity contribution is -0.141. The van der Waals surface area contributed by atoms with Crippen molar-refractivity contribution in [1.29, 1.82) is 0 Å². The van der Waals surface area contributed by atoms with Gasteiger partial charge >= 0.3 is 0 Å². The smallest absolute Gasteiger partial charge is 0.228 e. The van der Waals surface area contributed by atoms with Crippen LogP contribution in [-0.4, -0.2) is 47.9 Å². The molecule has 184 valence electrons. The highest BCUT2D eigenvalue weighted by atomic mass is 16.5. The number of rotatable bonds is 6. The van der Waals surface area contributed by atoms with E-state index in [-0.39, 0.29) is 17.7 Å². The number of amides is 2. The van der Waals surface area contributed by atoms with Gasteiger partial charge in [-0.05, 0) is 49.2 Å². The summed E-state index contributed by atoms with van der Waals surface area (Å²) in [6, 6.07) is 22.7. The van der Waals surface area contributed by atoms with Crippen LogP contribution in [0.3, 0.4) is 0 Å². The number of piperazine rings is 1. The first-order valence-corrected chi connectivity index (χ1v) is 12.4. The van der Waals surface area contributed by atoms with Gasteiger partial charge in [-0.25, -0.2) is 4.98 Å². The van der Waals surface area contributed by atoms with Crippen molar-refractivity contribution in [3.8, 4) is 11.5 Å². The van der Waals surface area contributed by atoms with Crippen LogP contribution in [0.5, 0.6) is 11.5 Å². The van der Waals surface area contributed by atoms with Crippen molar-refractivity contribution in [3.63, 3.8) is 0 Å². The predicted molar refractivity (Wildman–Crippen MR) is 140 cm³/mol. The molecular formula is C29H30N4O3. The minimum atomic E-state index is -0.407. The van der Waals surface area contributed by atoms with Crippen molar-refractivity contribution in [2.24, 2.45) is 11.8 Å². The largest absolute Gasteiger partial charge is 0.457 e. The summed E-state index contributed by atoms with van der Waals surface area (Å²) in [5.41, 5.74) is 0.651. The Bertz CT molecular complexity index is 1210. The molecule has 2 heterocycles. The van der Waals surface area contributed by atoms with Crippen LogP contribution in [0.1, 0.15) is 12.8 Å². The molecule has 36 heavy (non-hydrogen) atoms.